The lowest BCUT2D eigenvalue weighted by Crippen LogP contribution is -2.27. The van der Waals surface area contributed by atoms with Crippen LogP contribution in [0.5, 0.6) is 5.75 Å². The van der Waals surface area contributed by atoms with E-state index in [1.165, 1.54) is 0 Å². The molecule has 0 unspecified atom stereocenters. The third-order valence-corrected chi connectivity index (χ3v) is 5.84. The Hall–Kier alpha value is -2.60. The second-order valence-corrected chi connectivity index (χ2v) is 8.35. The lowest BCUT2D eigenvalue weighted by atomic mass is 10.0. The fourth-order valence-electron chi connectivity index (χ4n) is 2.69. The molecule has 0 saturated heterocycles. The number of hydrogen-bond acceptors (Lipinski definition) is 5. The molecule has 0 N–H and O–H groups in total. The zero-order valence-electron chi connectivity index (χ0n) is 14.6. The van der Waals surface area contributed by atoms with Gasteiger partial charge in [0.15, 0.2) is 9.84 Å². The molecule has 1 aliphatic heterocycles. The molecule has 0 amide bonds. The molecule has 1 aliphatic rings. The van der Waals surface area contributed by atoms with E-state index in [9.17, 15) is 13.2 Å². The van der Waals surface area contributed by atoms with E-state index in [2.05, 4.69) is 13.8 Å². The normalized spacial score (nSPS) is 16.3. The van der Waals surface area contributed by atoms with Gasteiger partial charge >= 0.3 is 5.97 Å². The van der Waals surface area contributed by atoms with E-state index in [0.717, 1.165) is 5.56 Å². The van der Waals surface area contributed by atoms with E-state index in [0.29, 0.717) is 17.2 Å². The summed E-state index contributed by atoms with van der Waals surface area (Å²) in [7, 11) is -3.63. The van der Waals surface area contributed by atoms with Gasteiger partial charge in [0.2, 0.25) is 5.76 Å². The number of sulfone groups is 1. The first-order chi connectivity index (χ1) is 12.4. The smallest absolute Gasteiger partial charge is 0.380 e. The molecular weight excluding hydrogens is 352 g/mol. The third kappa shape index (κ3) is 3.80. The average Bonchev–Trinajstić information content (AvgIpc) is 2.62. The number of benzene rings is 2. The Morgan fingerprint density at radius 3 is 2.31 bits per heavy atom. The second kappa shape index (κ2) is 7.33. The minimum atomic E-state index is -3.63. The Kier molecular flexibility index (Phi) is 5.13. The maximum Gasteiger partial charge on any atom is 0.380 e. The fourth-order valence-corrected chi connectivity index (χ4v) is 4.12. The summed E-state index contributed by atoms with van der Waals surface area (Å²) in [6.07, 6.45) is 0. The van der Waals surface area contributed by atoms with Crippen molar-refractivity contribution in [2.75, 3.05) is 12.4 Å². The minimum absolute atomic E-state index is 0.0740. The van der Waals surface area contributed by atoms with Gasteiger partial charge in [-0.1, -0.05) is 56.3 Å². The monoisotopic (exact) mass is 372 g/mol. The van der Waals surface area contributed by atoms with Crippen LogP contribution in [0.4, 0.5) is 0 Å². The largest absolute Gasteiger partial charge is 0.485 e. The third-order valence-electron chi connectivity index (χ3n) is 4.09. The molecule has 0 spiro atoms. The Bertz CT molecular complexity index is 926. The van der Waals surface area contributed by atoms with Crippen LogP contribution in [0.3, 0.4) is 0 Å². The fraction of sp³-hybridized carbons (Fsp3) is 0.250. The molecule has 136 valence electrons. The first kappa shape index (κ1) is 18.2. The summed E-state index contributed by atoms with van der Waals surface area (Å²) < 4.78 is 35.8. The molecule has 0 radical (unpaired) electrons. The number of hydrogen-bond donors (Lipinski definition) is 0. The van der Waals surface area contributed by atoms with Crippen LogP contribution in [-0.2, 0) is 19.4 Å². The number of rotatable bonds is 4. The average molecular weight is 372 g/mol. The van der Waals surface area contributed by atoms with Crippen molar-refractivity contribution in [2.24, 2.45) is 0 Å². The Labute approximate surface area is 153 Å². The zero-order chi connectivity index (χ0) is 18.7. The number of ether oxygens (including phenoxy) is 2. The zero-order valence-corrected chi connectivity index (χ0v) is 15.5. The number of carbonyl (C=O) groups excluding carboxylic acids is 1. The number of carbonyl (C=O) groups is 1. The standard InChI is InChI=1S/C20H20O5S/c1-14(2)15-8-10-17(11-9-15)25-20(21)18-19(16-6-4-3-5-7-16)26(22,23)13-12-24-18/h3-11,14H,12-13H2,1-2H3. The van der Waals surface area contributed by atoms with Gasteiger partial charge in [0.1, 0.15) is 17.3 Å². The molecule has 0 saturated carbocycles. The molecule has 0 bridgehead atoms. The highest BCUT2D eigenvalue weighted by Crippen LogP contribution is 2.31. The molecule has 6 heteroatoms. The molecule has 1 heterocycles. The van der Waals surface area contributed by atoms with Crippen molar-refractivity contribution in [2.45, 2.75) is 19.8 Å². The summed E-state index contributed by atoms with van der Waals surface area (Å²) in [6, 6.07) is 15.6. The summed E-state index contributed by atoms with van der Waals surface area (Å²) >= 11 is 0. The van der Waals surface area contributed by atoms with Gasteiger partial charge in [-0.15, -0.1) is 0 Å². The molecule has 0 atom stereocenters. The van der Waals surface area contributed by atoms with Gasteiger partial charge < -0.3 is 9.47 Å². The van der Waals surface area contributed by atoms with E-state index in [4.69, 9.17) is 9.47 Å². The van der Waals surface area contributed by atoms with Crippen LogP contribution >= 0.6 is 0 Å². The molecule has 26 heavy (non-hydrogen) atoms. The van der Waals surface area contributed by atoms with Gasteiger partial charge in [-0.25, -0.2) is 13.2 Å². The topological polar surface area (TPSA) is 69.7 Å². The van der Waals surface area contributed by atoms with Crippen LogP contribution in [0.1, 0.15) is 30.9 Å². The van der Waals surface area contributed by atoms with E-state index < -0.39 is 15.8 Å². The maximum atomic E-state index is 12.6. The van der Waals surface area contributed by atoms with Crippen molar-refractivity contribution in [3.05, 3.63) is 71.5 Å². The molecule has 2 aromatic carbocycles. The van der Waals surface area contributed by atoms with Gasteiger partial charge in [-0.2, -0.15) is 0 Å². The van der Waals surface area contributed by atoms with Crippen molar-refractivity contribution in [3.63, 3.8) is 0 Å². The summed E-state index contributed by atoms with van der Waals surface area (Å²) in [5, 5.41) is 0. The highest BCUT2D eigenvalue weighted by atomic mass is 32.2. The van der Waals surface area contributed by atoms with Crippen molar-refractivity contribution < 1.29 is 22.7 Å². The lowest BCUT2D eigenvalue weighted by molar-refractivity contribution is -0.133. The lowest BCUT2D eigenvalue weighted by Gasteiger charge is -2.20. The molecule has 0 fully saturated rings. The summed E-state index contributed by atoms with van der Waals surface area (Å²) in [5.74, 6) is -0.554. The Morgan fingerprint density at radius 1 is 1.04 bits per heavy atom. The van der Waals surface area contributed by atoms with Gasteiger partial charge in [-0.05, 0) is 29.2 Å². The maximum absolute atomic E-state index is 12.6. The van der Waals surface area contributed by atoms with E-state index in [-0.39, 0.29) is 23.0 Å². The van der Waals surface area contributed by atoms with Crippen molar-refractivity contribution >= 4 is 20.7 Å². The van der Waals surface area contributed by atoms with Gasteiger partial charge in [0.25, 0.3) is 0 Å². The Balaban J connectivity index is 1.96. The Morgan fingerprint density at radius 2 is 1.69 bits per heavy atom. The minimum Gasteiger partial charge on any atom is -0.485 e. The summed E-state index contributed by atoms with van der Waals surface area (Å²) in [4.78, 5) is 12.5. The van der Waals surface area contributed by atoms with Gasteiger partial charge in [0, 0.05) is 0 Å². The van der Waals surface area contributed by atoms with Crippen LogP contribution in [0.15, 0.2) is 60.4 Å². The first-order valence-corrected chi connectivity index (χ1v) is 10.0. The first-order valence-electron chi connectivity index (χ1n) is 8.36. The van der Waals surface area contributed by atoms with Crippen LogP contribution in [-0.4, -0.2) is 26.7 Å². The van der Waals surface area contributed by atoms with Gasteiger partial charge in [-0.3, -0.25) is 0 Å². The van der Waals surface area contributed by atoms with Crippen molar-refractivity contribution in [3.8, 4) is 5.75 Å². The summed E-state index contributed by atoms with van der Waals surface area (Å²) in [6.45, 7) is 4.06. The molecule has 2 aromatic rings. The predicted molar refractivity (Wildman–Crippen MR) is 99.3 cm³/mol. The molecule has 5 nitrogen and oxygen atoms in total. The van der Waals surface area contributed by atoms with Crippen molar-refractivity contribution in [1.82, 2.24) is 0 Å². The van der Waals surface area contributed by atoms with Crippen molar-refractivity contribution in [1.29, 1.82) is 0 Å². The highest BCUT2D eigenvalue weighted by Gasteiger charge is 2.34. The van der Waals surface area contributed by atoms with Crippen LogP contribution in [0, 0.1) is 0 Å². The molecule has 0 aromatic heterocycles. The van der Waals surface area contributed by atoms with Gasteiger partial charge in [0.05, 0.1) is 5.75 Å². The highest BCUT2D eigenvalue weighted by molar-refractivity contribution is 8.00. The molecular formula is C20H20O5S. The SMILES string of the molecule is CC(C)c1ccc(OC(=O)C2=C(c3ccccc3)S(=O)(=O)CCO2)cc1. The quantitative estimate of drug-likeness (QED) is 0.607. The predicted octanol–water partition coefficient (Wildman–Crippen LogP) is 3.53. The van der Waals surface area contributed by atoms with E-state index >= 15 is 0 Å². The van der Waals surface area contributed by atoms with E-state index in [1.54, 1.807) is 42.5 Å². The molecule has 0 aliphatic carbocycles. The van der Waals surface area contributed by atoms with E-state index in [1.807, 2.05) is 12.1 Å². The second-order valence-electron chi connectivity index (χ2n) is 6.30. The van der Waals surface area contributed by atoms with Crippen LogP contribution < -0.4 is 4.74 Å². The van der Waals surface area contributed by atoms with Crippen LogP contribution in [0.25, 0.3) is 4.91 Å². The van der Waals surface area contributed by atoms with Crippen LogP contribution in [0.2, 0.25) is 0 Å². The summed E-state index contributed by atoms with van der Waals surface area (Å²) in [5.41, 5.74) is 1.53. The molecule has 3 rings (SSSR count). The number of esters is 1.